The van der Waals surface area contributed by atoms with Gasteiger partial charge in [-0.2, -0.15) is 0 Å². The van der Waals surface area contributed by atoms with Gasteiger partial charge in [0.2, 0.25) is 0 Å². The molecule has 0 aliphatic heterocycles. The average Bonchev–Trinajstić information content (AvgIpc) is 2.15. The molecule has 14 heavy (non-hydrogen) atoms. The summed E-state index contributed by atoms with van der Waals surface area (Å²) in [6, 6.07) is 4.21. The fourth-order valence-electron chi connectivity index (χ4n) is 0.848. The second-order valence-electron chi connectivity index (χ2n) is 2.36. The van der Waals surface area contributed by atoms with E-state index >= 15 is 0 Å². The molecule has 0 bridgehead atoms. The van der Waals surface area contributed by atoms with Gasteiger partial charge in [-0.25, -0.2) is 0 Å². The van der Waals surface area contributed by atoms with Crippen LogP contribution in [0.5, 0.6) is 0 Å². The molecule has 72 valence electrons. The van der Waals surface area contributed by atoms with Crippen molar-refractivity contribution in [2.45, 2.75) is 0 Å². The van der Waals surface area contributed by atoms with Gasteiger partial charge in [-0.3, -0.25) is 10.1 Å². The molecule has 0 aromatic heterocycles. The van der Waals surface area contributed by atoms with Crippen LogP contribution in [0.25, 0.3) is 0 Å². The van der Waals surface area contributed by atoms with Crippen LogP contribution in [0.15, 0.2) is 18.2 Å². The van der Waals surface area contributed by atoms with Gasteiger partial charge in [0.1, 0.15) is 0 Å². The van der Waals surface area contributed by atoms with E-state index in [2.05, 4.69) is 27.8 Å². The van der Waals surface area contributed by atoms with Gasteiger partial charge >= 0.3 is 0 Å². The standard InChI is InChI=1S/C9H5BrClNO2/c10-5-1-2-7-3-4-8(12(13)14)6-9(7)11/h3-4,6H,5H2. The molecule has 0 saturated heterocycles. The van der Waals surface area contributed by atoms with E-state index < -0.39 is 4.92 Å². The Labute approximate surface area is 94.3 Å². The summed E-state index contributed by atoms with van der Waals surface area (Å²) in [5, 5.41) is 11.2. The van der Waals surface area contributed by atoms with Gasteiger partial charge in [0.05, 0.1) is 15.3 Å². The van der Waals surface area contributed by atoms with Crippen molar-refractivity contribution in [3.8, 4) is 11.8 Å². The Hall–Kier alpha value is -1.05. The monoisotopic (exact) mass is 273 g/mol. The second-order valence-corrected chi connectivity index (χ2v) is 3.32. The molecule has 0 radical (unpaired) electrons. The van der Waals surface area contributed by atoms with Gasteiger partial charge in [0.25, 0.3) is 5.69 Å². The summed E-state index contributed by atoms with van der Waals surface area (Å²) in [5.74, 6) is 5.54. The van der Waals surface area contributed by atoms with E-state index in [4.69, 9.17) is 11.6 Å². The SMILES string of the molecule is O=[N+]([O-])c1ccc(C#CCBr)c(Cl)c1. The van der Waals surface area contributed by atoms with Gasteiger partial charge in [-0.15, -0.1) is 0 Å². The van der Waals surface area contributed by atoms with E-state index in [-0.39, 0.29) is 5.69 Å². The van der Waals surface area contributed by atoms with Crippen LogP contribution in [0.1, 0.15) is 5.56 Å². The molecule has 1 rings (SSSR count). The van der Waals surface area contributed by atoms with Crippen molar-refractivity contribution in [1.82, 2.24) is 0 Å². The summed E-state index contributed by atoms with van der Waals surface area (Å²) >= 11 is 8.93. The molecular formula is C9H5BrClNO2. The van der Waals surface area contributed by atoms with Crippen LogP contribution in [0.2, 0.25) is 5.02 Å². The predicted octanol–water partition coefficient (Wildman–Crippen LogP) is 2.99. The van der Waals surface area contributed by atoms with Crippen LogP contribution in [-0.4, -0.2) is 10.3 Å². The Bertz CT molecular complexity index is 423. The zero-order valence-corrected chi connectivity index (χ0v) is 9.30. The van der Waals surface area contributed by atoms with E-state index in [1.54, 1.807) is 0 Å². The van der Waals surface area contributed by atoms with Crippen LogP contribution >= 0.6 is 27.5 Å². The molecule has 0 spiro atoms. The van der Waals surface area contributed by atoms with Crippen molar-refractivity contribution in [2.24, 2.45) is 0 Å². The third kappa shape index (κ3) is 2.72. The Morgan fingerprint density at radius 1 is 1.57 bits per heavy atom. The van der Waals surface area contributed by atoms with Crippen molar-refractivity contribution in [3.05, 3.63) is 38.9 Å². The van der Waals surface area contributed by atoms with Crippen LogP contribution in [0.4, 0.5) is 5.69 Å². The van der Waals surface area contributed by atoms with Crippen molar-refractivity contribution in [2.75, 3.05) is 5.33 Å². The van der Waals surface area contributed by atoms with Crippen LogP contribution in [0.3, 0.4) is 0 Å². The summed E-state index contributed by atoms with van der Waals surface area (Å²) < 4.78 is 0. The van der Waals surface area contributed by atoms with E-state index in [1.807, 2.05) is 0 Å². The van der Waals surface area contributed by atoms with Crippen LogP contribution < -0.4 is 0 Å². The Morgan fingerprint density at radius 2 is 2.29 bits per heavy atom. The van der Waals surface area contributed by atoms with Crippen molar-refractivity contribution >= 4 is 33.2 Å². The van der Waals surface area contributed by atoms with Crippen LogP contribution in [-0.2, 0) is 0 Å². The fourth-order valence-corrected chi connectivity index (χ4v) is 1.21. The fraction of sp³-hybridized carbons (Fsp3) is 0.111. The number of nitro groups is 1. The lowest BCUT2D eigenvalue weighted by molar-refractivity contribution is -0.384. The van der Waals surface area contributed by atoms with E-state index in [0.717, 1.165) is 0 Å². The number of non-ortho nitro benzene ring substituents is 1. The van der Waals surface area contributed by atoms with Gasteiger partial charge < -0.3 is 0 Å². The molecule has 0 unspecified atom stereocenters. The molecule has 1 aromatic carbocycles. The highest BCUT2D eigenvalue weighted by Crippen LogP contribution is 2.21. The summed E-state index contributed by atoms with van der Waals surface area (Å²) in [7, 11) is 0. The summed E-state index contributed by atoms with van der Waals surface area (Å²) in [5.41, 5.74) is 0.566. The molecule has 1 aromatic rings. The van der Waals surface area contributed by atoms with Crippen molar-refractivity contribution in [1.29, 1.82) is 0 Å². The quantitative estimate of drug-likeness (QED) is 0.342. The third-order valence-corrected chi connectivity index (χ3v) is 2.05. The van der Waals surface area contributed by atoms with E-state index in [1.165, 1.54) is 18.2 Å². The van der Waals surface area contributed by atoms with Crippen molar-refractivity contribution in [3.63, 3.8) is 0 Å². The number of hydrogen-bond donors (Lipinski definition) is 0. The molecule has 0 heterocycles. The summed E-state index contributed by atoms with van der Waals surface area (Å²) in [4.78, 5) is 9.89. The number of hydrogen-bond acceptors (Lipinski definition) is 2. The summed E-state index contributed by atoms with van der Waals surface area (Å²) in [6.45, 7) is 0. The Balaban J connectivity index is 3.07. The minimum Gasteiger partial charge on any atom is -0.258 e. The normalized spacial score (nSPS) is 9.00. The highest BCUT2D eigenvalue weighted by molar-refractivity contribution is 9.09. The predicted molar refractivity (Wildman–Crippen MR) is 58.8 cm³/mol. The minimum atomic E-state index is -0.492. The largest absolute Gasteiger partial charge is 0.271 e. The number of nitro benzene ring substituents is 1. The first-order valence-electron chi connectivity index (χ1n) is 3.64. The molecule has 0 atom stereocenters. The lowest BCUT2D eigenvalue weighted by atomic mass is 10.2. The first-order chi connectivity index (χ1) is 6.65. The number of rotatable bonds is 1. The second kappa shape index (κ2) is 4.99. The molecular weight excluding hydrogens is 269 g/mol. The topological polar surface area (TPSA) is 43.1 Å². The third-order valence-electron chi connectivity index (χ3n) is 1.45. The maximum atomic E-state index is 10.4. The smallest absolute Gasteiger partial charge is 0.258 e. The zero-order valence-electron chi connectivity index (χ0n) is 6.96. The summed E-state index contributed by atoms with van der Waals surface area (Å²) in [6.07, 6.45) is 0. The number of benzene rings is 1. The highest BCUT2D eigenvalue weighted by Gasteiger charge is 2.07. The average molecular weight is 275 g/mol. The number of halogens is 2. The Kier molecular flexibility index (Phi) is 3.93. The molecule has 0 amide bonds. The number of alkyl halides is 1. The minimum absolute atomic E-state index is 0.0283. The molecule has 0 aliphatic carbocycles. The number of nitrogens with zero attached hydrogens (tertiary/aromatic N) is 1. The molecule has 0 saturated carbocycles. The van der Waals surface area contributed by atoms with E-state index in [0.29, 0.717) is 15.9 Å². The maximum absolute atomic E-state index is 10.4. The molecule has 3 nitrogen and oxygen atoms in total. The first kappa shape index (κ1) is 11.0. The lowest BCUT2D eigenvalue weighted by Crippen LogP contribution is -1.88. The highest BCUT2D eigenvalue weighted by atomic mass is 79.9. The van der Waals surface area contributed by atoms with Crippen LogP contribution in [0, 0.1) is 22.0 Å². The van der Waals surface area contributed by atoms with Gasteiger partial charge in [0.15, 0.2) is 0 Å². The van der Waals surface area contributed by atoms with Gasteiger partial charge in [-0.05, 0) is 6.07 Å². The van der Waals surface area contributed by atoms with Gasteiger partial charge in [0, 0.05) is 17.7 Å². The molecule has 0 fully saturated rings. The van der Waals surface area contributed by atoms with Crippen molar-refractivity contribution < 1.29 is 4.92 Å². The Morgan fingerprint density at radius 3 is 2.79 bits per heavy atom. The maximum Gasteiger partial charge on any atom is 0.271 e. The van der Waals surface area contributed by atoms with Gasteiger partial charge in [-0.1, -0.05) is 39.4 Å². The molecule has 0 N–H and O–H groups in total. The molecule has 0 aliphatic rings. The van der Waals surface area contributed by atoms with E-state index in [9.17, 15) is 10.1 Å². The first-order valence-corrected chi connectivity index (χ1v) is 5.14. The lowest BCUT2D eigenvalue weighted by Gasteiger charge is -1.95. The zero-order chi connectivity index (χ0) is 10.6. The molecule has 5 heteroatoms.